The molecule has 2 saturated heterocycles. The second-order valence-electron chi connectivity index (χ2n) is 12.4. The van der Waals surface area contributed by atoms with Crippen LogP contribution in [0.1, 0.15) is 90.5 Å². The highest BCUT2D eigenvalue weighted by Crippen LogP contribution is 2.24. The van der Waals surface area contributed by atoms with Crippen LogP contribution >= 0.6 is 0 Å². The van der Waals surface area contributed by atoms with Crippen molar-refractivity contribution in [3.8, 4) is 0 Å². The van der Waals surface area contributed by atoms with Crippen molar-refractivity contribution in [3.05, 3.63) is 36.0 Å². The van der Waals surface area contributed by atoms with E-state index >= 15 is 0 Å². The Kier molecular flexibility index (Phi) is 12.0. The van der Waals surface area contributed by atoms with Gasteiger partial charge in [-0.15, -0.1) is 0 Å². The van der Waals surface area contributed by atoms with Crippen LogP contribution in [0.15, 0.2) is 30.5 Å². The van der Waals surface area contributed by atoms with Gasteiger partial charge in [-0.2, -0.15) is 4.73 Å². The van der Waals surface area contributed by atoms with Crippen molar-refractivity contribution in [1.29, 1.82) is 0 Å². The fourth-order valence-corrected chi connectivity index (χ4v) is 6.40. The average Bonchev–Trinajstić information content (AvgIpc) is 3.41. The van der Waals surface area contributed by atoms with E-state index in [9.17, 15) is 24.0 Å². The lowest BCUT2D eigenvalue weighted by atomic mass is 9.94. The molecule has 1 aromatic heterocycles. The van der Waals surface area contributed by atoms with E-state index in [0.717, 1.165) is 42.1 Å². The standard InChI is InChI=1S/C34H49N5O6/c1-5-22(3)30-33(43)36-27(20-23-21-39(45-4)28-17-11-10-15-25(23)28)31(41)35-26(16-9-7-8-14-24(40)6-2)34(44)38-19-13-12-18-29(38)32(42)37-30/h10-11,15,17,21-22,26-27,29-30H,5-9,12-14,16,18-20H2,1-4H3,(H,35,41)(H,36,43)(H,37,42)/t22?,26-,27?,29-,30-/m0/s1. The maximum atomic E-state index is 14.1. The summed E-state index contributed by atoms with van der Waals surface area (Å²) in [5, 5.41) is 9.75. The number of amides is 4. The van der Waals surface area contributed by atoms with Gasteiger partial charge >= 0.3 is 0 Å². The zero-order valence-corrected chi connectivity index (χ0v) is 27.1. The number of benzene rings is 1. The molecule has 0 radical (unpaired) electrons. The number of para-hydroxylation sites is 1. The molecule has 0 spiro atoms. The first kappa shape index (κ1) is 34.0. The average molecular weight is 624 g/mol. The number of carbonyl (C=O) groups excluding carboxylic acids is 5. The normalized spacial score (nSPS) is 23.7. The number of fused-ring (bicyclic) bond motifs is 2. The molecule has 4 amide bonds. The number of nitrogens with one attached hydrogen (secondary N) is 3. The van der Waals surface area contributed by atoms with Gasteiger partial charge in [0.1, 0.15) is 37.1 Å². The van der Waals surface area contributed by atoms with E-state index in [4.69, 9.17) is 4.84 Å². The van der Waals surface area contributed by atoms with Crippen LogP contribution in [-0.2, 0) is 30.4 Å². The number of unbranched alkanes of at least 4 members (excludes halogenated alkanes) is 2. The van der Waals surface area contributed by atoms with E-state index in [1.54, 1.807) is 22.9 Å². The molecular formula is C34H49N5O6. The number of carbonyl (C=O) groups is 5. The number of hydrogen-bond acceptors (Lipinski definition) is 6. The molecule has 4 rings (SSSR count). The SMILES string of the molecule is CCC(=O)CCCCC[C@@H]1NC(=O)C(Cc2cn(OC)c3ccccc23)NC(=O)[C@H](C(C)CC)NC(=O)[C@@H]2CCCCN2C1=O. The summed E-state index contributed by atoms with van der Waals surface area (Å²) in [6.07, 6.45) is 8.10. The first-order valence-corrected chi connectivity index (χ1v) is 16.5. The van der Waals surface area contributed by atoms with Gasteiger partial charge in [0.25, 0.3) is 0 Å². The Morgan fingerprint density at radius 3 is 2.44 bits per heavy atom. The van der Waals surface area contributed by atoms with Crippen LogP contribution in [0.25, 0.3) is 10.9 Å². The summed E-state index contributed by atoms with van der Waals surface area (Å²) in [6.45, 7) is 6.10. The summed E-state index contributed by atoms with van der Waals surface area (Å²) >= 11 is 0. The van der Waals surface area contributed by atoms with E-state index in [-0.39, 0.29) is 29.9 Å². The zero-order valence-electron chi connectivity index (χ0n) is 27.1. The minimum absolute atomic E-state index is 0.155. The minimum Gasteiger partial charge on any atom is -0.417 e. The van der Waals surface area contributed by atoms with E-state index in [1.807, 2.05) is 45.0 Å². The molecule has 11 heteroatoms. The molecule has 0 aliphatic carbocycles. The number of aromatic nitrogens is 1. The van der Waals surface area contributed by atoms with Crippen LogP contribution in [0.5, 0.6) is 0 Å². The Bertz CT molecular complexity index is 1370. The highest BCUT2D eigenvalue weighted by atomic mass is 16.6. The second-order valence-corrected chi connectivity index (χ2v) is 12.4. The summed E-state index contributed by atoms with van der Waals surface area (Å²) < 4.78 is 1.62. The van der Waals surface area contributed by atoms with Crippen molar-refractivity contribution in [2.24, 2.45) is 5.92 Å². The molecule has 0 bridgehead atoms. The van der Waals surface area contributed by atoms with Gasteiger partial charge in [0, 0.05) is 37.4 Å². The van der Waals surface area contributed by atoms with Crippen LogP contribution in [0.4, 0.5) is 0 Å². The quantitative estimate of drug-likeness (QED) is 0.311. The fourth-order valence-electron chi connectivity index (χ4n) is 6.40. The molecule has 1 aromatic carbocycles. The van der Waals surface area contributed by atoms with Gasteiger partial charge in [0.2, 0.25) is 23.6 Å². The van der Waals surface area contributed by atoms with E-state index in [1.165, 1.54) is 0 Å². The Morgan fingerprint density at radius 1 is 0.956 bits per heavy atom. The van der Waals surface area contributed by atoms with Gasteiger partial charge in [-0.3, -0.25) is 24.0 Å². The largest absolute Gasteiger partial charge is 0.417 e. The van der Waals surface area contributed by atoms with Gasteiger partial charge in [-0.05, 0) is 49.7 Å². The van der Waals surface area contributed by atoms with Gasteiger partial charge in [-0.25, -0.2) is 0 Å². The molecule has 2 aromatic rings. The summed E-state index contributed by atoms with van der Waals surface area (Å²) in [5.41, 5.74) is 1.62. The van der Waals surface area contributed by atoms with Crippen molar-refractivity contribution in [2.45, 2.75) is 116 Å². The molecule has 3 heterocycles. The fraction of sp³-hybridized carbons (Fsp3) is 0.618. The number of ketones is 1. The van der Waals surface area contributed by atoms with Crippen LogP contribution in [0.2, 0.25) is 0 Å². The summed E-state index contributed by atoms with van der Waals surface area (Å²) in [7, 11) is 1.56. The monoisotopic (exact) mass is 623 g/mol. The predicted molar refractivity (Wildman–Crippen MR) is 171 cm³/mol. The molecule has 246 valence electrons. The summed E-state index contributed by atoms with van der Waals surface area (Å²) in [4.78, 5) is 74.6. The number of nitrogens with zero attached hydrogens (tertiary/aromatic N) is 2. The highest BCUT2D eigenvalue weighted by molar-refractivity contribution is 5.98. The number of hydrogen-bond donors (Lipinski definition) is 3. The molecule has 5 atom stereocenters. The van der Waals surface area contributed by atoms with Crippen molar-refractivity contribution >= 4 is 40.3 Å². The zero-order chi connectivity index (χ0) is 32.5. The van der Waals surface area contributed by atoms with Crippen LogP contribution in [0.3, 0.4) is 0 Å². The smallest absolute Gasteiger partial charge is 0.245 e. The Labute approximate surface area is 265 Å². The second kappa shape index (κ2) is 15.9. The lowest BCUT2D eigenvalue weighted by molar-refractivity contribution is -0.147. The number of rotatable bonds is 12. The third-order valence-corrected chi connectivity index (χ3v) is 9.35. The molecule has 2 aliphatic heterocycles. The third kappa shape index (κ3) is 8.23. The molecular weight excluding hydrogens is 574 g/mol. The lowest BCUT2D eigenvalue weighted by Crippen LogP contribution is -2.64. The van der Waals surface area contributed by atoms with E-state index < -0.39 is 36.0 Å². The molecule has 3 N–H and O–H groups in total. The first-order valence-electron chi connectivity index (χ1n) is 16.5. The van der Waals surface area contributed by atoms with Gasteiger partial charge in [0.05, 0.1) is 5.52 Å². The van der Waals surface area contributed by atoms with Crippen molar-refractivity contribution in [1.82, 2.24) is 25.6 Å². The minimum atomic E-state index is -1.01. The van der Waals surface area contributed by atoms with Gasteiger partial charge in [-0.1, -0.05) is 58.2 Å². The Hall–Kier alpha value is -3.89. The maximum Gasteiger partial charge on any atom is 0.245 e. The van der Waals surface area contributed by atoms with Crippen molar-refractivity contribution in [2.75, 3.05) is 13.7 Å². The third-order valence-electron chi connectivity index (χ3n) is 9.35. The van der Waals surface area contributed by atoms with Gasteiger partial charge < -0.3 is 25.7 Å². The molecule has 2 unspecified atom stereocenters. The molecule has 2 fully saturated rings. The number of piperidine rings is 1. The van der Waals surface area contributed by atoms with Crippen LogP contribution < -0.4 is 20.8 Å². The topological polar surface area (TPSA) is 139 Å². The Morgan fingerprint density at radius 2 is 1.71 bits per heavy atom. The Balaban J connectivity index is 1.67. The molecule has 11 nitrogen and oxygen atoms in total. The van der Waals surface area contributed by atoms with Crippen LogP contribution in [0, 0.1) is 5.92 Å². The van der Waals surface area contributed by atoms with Crippen LogP contribution in [-0.4, -0.2) is 76.9 Å². The molecule has 2 aliphatic rings. The molecule has 0 saturated carbocycles. The van der Waals surface area contributed by atoms with Crippen molar-refractivity contribution in [3.63, 3.8) is 0 Å². The lowest BCUT2D eigenvalue weighted by Gasteiger charge is -2.39. The maximum absolute atomic E-state index is 14.1. The van der Waals surface area contributed by atoms with Crippen molar-refractivity contribution < 1.29 is 28.8 Å². The molecule has 45 heavy (non-hydrogen) atoms. The summed E-state index contributed by atoms with van der Waals surface area (Å²) in [5.74, 6) is -1.51. The van der Waals surface area contributed by atoms with Gasteiger partial charge in [0.15, 0.2) is 0 Å². The first-order chi connectivity index (χ1) is 21.7. The highest BCUT2D eigenvalue weighted by Gasteiger charge is 2.40. The predicted octanol–water partition coefficient (Wildman–Crippen LogP) is 3.07. The van der Waals surface area contributed by atoms with E-state index in [0.29, 0.717) is 45.1 Å². The number of Topliss-reactive ketones (excluding diaryl/α,β-unsaturated/α-hetero) is 1. The van der Waals surface area contributed by atoms with E-state index in [2.05, 4.69) is 16.0 Å². The summed E-state index contributed by atoms with van der Waals surface area (Å²) in [6, 6.07) is 4.20.